The predicted octanol–water partition coefficient (Wildman–Crippen LogP) is 4.04. The van der Waals surface area contributed by atoms with Gasteiger partial charge in [0.1, 0.15) is 0 Å². The maximum Gasteiger partial charge on any atom is 0.159 e. The van der Waals surface area contributed by atoms with E-state index in [1.165, 1.54) is 18.4 Å². The van der Waals surface area contributed by atoms with Crippen molar-refractivity contribution in [3.8, 4) is 0 Å². The topological polar surface area (TPSA) is 13.1 Å². The fourth-order valence-corrected chi connectivity index (χ4v) is 1.83. The van der Waals surface area contributed by atoms with Gasteiger partial charge in [-0.2, -0.15) is 0 Å². The summed E-state index contributed by atoms with van der Waals surface area (Å²) in [6.45, 7) is 0. The van der Waals surface area contributed by atoms with Gasteiger partial charge in [-0.1, -0.05) is 22.0 Å². The van der Waals surface area contributed by atoms with E-state index in [1.807, 2.05) is 0 Å². The number of alkyl halides is 1. The Kier molecular flexibility index (Phi) is 2.86. The minimum atomic E-state index is -0.847. The second-order valence-electron chi connectivity index (χ2n) is 3.09. The van der Waals surface area contributed by atoms with Crippen molar-refractivity contribution in [1.29, 1.82) is 0 Å². The quantitative estimate of drug-likeness (QED) is 0.752. The molecule has 0 saturated carbocycles. The van der Waals surface area contributed by atoms with Crippen LogP contribution in [-0.2, 0) is 0 Å². The Morgan fingerprint density at radius 2 is 1.87 bits per heavy atom. The highest BCUT2D eigenvalue weighted by atomic mass is 79.9. The van der Waals surface area contributed by atoms with Crippen LogP contribution in [-0.4, -0.2) is 0 Å². The standard InChI is InChI=1S/C11H7BrF2O/c12-11(8-3-4-15-6-8)7-1-2-9(13)10(14)5-7/h1-6,11H. The first-order valence-corrected chi connectivity index (χ1v) is 5.21. The third-order valence-corrected chi connectivity index (χ3v) is 3.13. The number of benzene rings is 1. The lowest BCUT2D eigenvalue weighted by Gasteiger charge is -2.07. The van der Waals surface area contributed by atoms with Gasteiger partial charge in [-0.05, 0) is 23.8 Å². The number of rotatable bonds is 2. The molecule has 0 saturated heterocycles. The lowest BCUT2D eigenvalue weighted by atomic mass is 10.1. The molecular formula is C11H7BrF2O. The van der Waals surface area contributed by atoms with Crippen molar-refractivity contribution in [2.75, 3.05) is 0 Å². The normalized spacial score (nSPS) is 12.7. The molecule has 2 rings (SSSR count). The van der Waals surface area contributed by atoms with Crippen molar-refractivity contribution < 1.29 is 13.2 Å². The van der Waals surface area contributed by atoms with Crippen LogP contribution in [0, 0.1) is 11.6 Å². The summed E-state index contributed by atoms with van der Waals surface area (Å²) in [7, 11) is 0. The van der Waals surface area contributed by atoms with Crippen LogP contribution >= 0.6 is 15.9 Å². The molecule has 78 valence electrons. The smallest absolute Gasteiger partial charge is 0.159 e. The monoisotopic (exact) mass is 272 g/mol. The molecule has 1 aromatic carbocycles. The number of hydrogen-bond donors (Lipinski definition) is 0. The Balaban J connectivity index is 2.34. The molecule has 0 aliphatic carbocycles. The molecule has 15 heavy (non-hydrogen) atoms. The molecule has 0 aliphatic rings. The molecule has 1 nitrogen and oxygen atoms in total. The molecule has 4 heteroatoms. The van der Waals surface area contributed by atoms with Gasteiger partial charge < -0.3 is 4.42 Å². The van der Waals surface area contributed by atoms with Crippen LogP contribution < -0.4 is 0 Å². The lowest BCUT2D eigenvalue weighted by Crippen LogP contribution is -1.93. The molecule has 0 amide bonds. The summed E-state index contributed by atoms with van der Waals surface area (Å²) in [5.74, 6) is -1.69. The van der Waals surface area contributed by atoms with Gasteiger partial charge in [0.25, 0.3) is 0 Å². The second-order valence-corrected chi connectivity index (χ2v) is 4.01. The first kappa shape index (κ1) is 10.4. The van der Waals surface area contributed by atoms with E-state index in [0.717, 1.165) is 11.6 Å². The maximum absolute atomic E-state index is 13.0. The van der Waals surface area contributed by atoms with Crippen molar-refractivity contribution in [2.24, 2.45) is 0 Å². The Morgan fingerprint density at radius 1 is 1.07 bits per heavy atom. The Labute approximate surface area is 93.8 Å². The first-order chi connectivity index (χ1) is 7.18. The van der Waals surface area contributed by atoms with E-state index in [1.54, 1.807) is 12.3 Å². The molecule has 1 aromatic heterocycles. The van der Waals surface area contributed by atoms with E-state index < -0.39 is 11.6 Å². The fourth-order valence-electron chi connectivity index (χ4n) is 1.28. The van der Waals surface area contributed by atoms with Gasteiger partial charge in [-0.25, -0.2) is 8.78 Å². The first-order valence-electron chi connectivity index (χ1n) is 4.29. The van der Waals surface area contributed by atoms with Crippen LogP contribution in [0.5, 0.6) is 0 Å². The Hall–Kier alpha value is -1.16. The largest absolute Gasteiger partial charge is 0.472 e. The van der Waals surface area contributed by atoms with Crippen molar-refractivity contribution in [3.63, 3.8) is 0 Å². The Bertz CT molecular complexity index is 454. The lowest BCUT2D eigenvalue weighted by molar-refractivity contribution is 0.507. The fraction of sp³-hybridized carbons (Fsp3) is 0.0909. The van der Waals surface area contributed by atoms with E-state index in [-0.39, 0.29) is 4.83 Å². The minimum Gasteiger partial charge on any atom is -0.472 e. The van der Waals surface area contributed by atoms with Crippen molar-refractivity contribution in [2.45, 2.75) is 4.83 Å². The zero-order valence-electron chi connectivity index (χ0n) is 7.58. The SMILES string of the molecule is Fc1ccc(C(Br)c2ccoc2)cc1F. The minimum absolute atomic E-state index is 0.189. The molecule has 0 radical (unpaired) electrons. The highest BCUT2D eigenvalue weighted by molar-refractivity contribution is 9.09. The summed E-state index contributed by atoms with van der Waals surface area (Å²) >= 11 is 3.38. The molecule has 1 atom stereocenters. The highest BCUT2D eigenvalue weighted by Crippen LogP contribution is 2.31. The summed E-state index contributed by atoms with van der Waals surface area (Å²) in [6.07, 6.45) is 3.09. The molecule has 2 aromatic rings. The summed E-state index contributed by atoms with van der Waals surface area (Å²) in [6, 6.07) is 5.58. The zero-order chi connectivity index (χ0) is 10.8. The number of hydrogen-bond acceptors (Lipinski definition) is 1. The van der Waals surface area contributed by atoms with Crippen molar-refractivity contribution in [3.05, 3.63) is 59.6 Å². The van der Waals surface area contributed by atoms with Gasteiger partial charge in [0.2, 0.25) is 0 Å². The molecule has 0 bridgehead atoms. The van der Waals surface area contributed by atoms with Crippen LogP contribution in [0.2, 0.25) is 0 Å². The zero-order valence-corrected chi connectivity index (χ0v) is 9.17. The average Bonchev–Trinajstić information content (AvgIpc) is 2.74. The van der Waals surface area contributed by atoms with E-state index in [2.05, 4.69) is 15.9 Å². The molecule has 1 unspecified atom stereocenters. The molecule has 0 aliphatic heterocycles. The van der Waals surface area contributed by atoms with Gasteiger partial charge in [0.15, 0.2) is 11.6 Å². The molecule has 1 heterocycles. The van der Waals surface area contributed by atoms with Crippen molar-refractivity contribution in [1.82, 2.24) is 0 Å². The van der Waals surface area contributed by atoms with Gasteiger partial charge >= 0.3 is 0 Å². The van der Waals surface area contributed by atoms with Gasteiger partial charge in [0, 0.05) is 5.56 Å². The maximum atomic E-state index is 13.0. The van der Waals surface area contributed by atoms with Gasteiger partial charge in [-0.3, -0.25) is 0 Å². The van der Waals surface area contributed by atoms with E-state index in [0.29, 0.717) is 5.56 Å². The van der Waals surface area contributed by atoms with Crippen LogP contribution in [0.15, 0.2) is 41.2 Å². The molecule has 0 N–H and O–H groups in total. The van der Waals surface area contributed by atoms with Gasteiger partial charge in [0.05, 0.1) is 17.4 Å². The van der Waals surface area contributed by atoms with E-state index in [9.17, 15) is 8.78 Å². The van der Waals surface area contributed by atoms with Crippen LogP contribution in [0.1, 0.15) is 16.0 Å². The molecule has 0 spiro atoms. The molecule has 0 fully saturated rings. The van der Waals surface area contributed by atoms with Crippen LogP contribution in [0.25, 0.3) is 0 Å². The third kappa shape index (κ3) is 2.09. The predicted molar refractivity (Wildman–Crippen MR) is 55.8 cm³/mol. The second kappa shape index (κ2) is 4.14. The summed E-state index contributed by atoms with van der Waals surface area (Å²) < 4.78 is 30.6. The average molecular weight is 273 g/mol. The number of furan rings is 1. The van der Waals surface area contributed by atoms with Crippen molar-refractivity contribution >= 4 is 15.9 Å². The Morgan fingerprint density at radius 3 is 2.47 bits per heavy atom. The number of halogens is 3. The molecular weight excluding hydrogens is 266 g/mol. The third-order valence-electron chi connectivity index (χ3n) is 2.07. The van der Waals surface area contributed by atoms with E-state index >= 15 is 0 Å². The van der Waals surface area contributed by atoms with Crippen LogP contribution in [0.4, 0.5) is 8.78 Å². The van der Waals surface area contributed by atoms with Crippen LogP contribution in [0.3, 0.4) is 0 Å². The highest BCUT2D eigenvalue weighted by Gasteiger charge is 2.13. The summed E-state index contributed by atoms with van der Waals surface area (Å²) in [5, 5.41) is 0. The van der Waals surface area contributed by atoms with E-state index in [4.69, 9.17) is 4.42 Å². The summed E-state index contributed by atoms with van der Waals surface area (Å²) in [4.78, 5) is -0.189. The van der Waals surface area contributed by atoms with Gasteiger partial charge in [-0.15, -0.1) is 0 Å². The summed E-state index contributed by atoms with van der Waals surface area (Å²) in [5.41, 5.74) is 1.51.